The number of hydrogen-bond acceptors (Lipinski definition) is 3. The molecule has 22 heavy (non-hydrogen) atoms. The highest BCUT2D eigenvalue weighted by Gasteiger charge is 2.27. The average Bonchev–Trinajstić information content (AvgIpc) is 2.54. The Hall–Kier alpha value is -2.52. The van der Waals surface area contributed by atoms with Gasteiger partial charge >= 0.3 is 10.2 Å². The Morgan fingerprint density at radius 3 is 2.64 bits per heavy atom. The van der Waals surface area contributed by atoms with Gasteiger partial charge in [0.15, 0.2) is 0 Å². The Labute approximate surface area is 130 Å². The molecule has 2 aromatic rings. The van der Waals surface area contributed by atoms with Crippen LogP contribution in [-0.2, 0) is 16.6 Å². The summed E-state index contributed by atoms with van der Waals surface area (Å²) in [6.45, 7) is 0.432. The highest BCUT2D eigenvalue weighted by atomic mass is 32.2. The van der Waals surface area contributed by atoms with Crippen molar-refractivity contribution in [2.75, 3.05) is 15.6 Å². The Morgan fingerprint density at radius 1 is 1.09 bits per heavy atom. The second-order valence-electron chi connectivity index (χ2n) is 5.07. The molecule has 0 spiro atoms. The molecule has 0 bridgehead atoms. The van der Waals surface area contributed by atoms with Crippen LogP contribution in [0.25, 0.3) is 0 Å². The number of anilines is 2. The Morgan fingerprint density at radius 2 is 1.82 bits per heavy atom. The molecule has 6 heteroatoms. The first kappa shape index (κ1) is 14.4. The van der Waals surface area contributed by atoms with Crippen molar-refractivity contribution < 1.29 is 8.42 Å². The van der Waals surface area contributed by atoms with Crippen LogP contribution in [0.5, 0.6) is 0 Å². The molecule has 0 amide bonds. The summed E-state index contributed by atoms with van der Waals surface area (Å²) >= 11 is 0. The quantitative estimate of drug-likeness (QED) is 0.946. The number of para-hydroxylation sites is 2. The zero-order valence-corrected chi connectivity index (χ0v) is 12.7. The second-order valence-corrected chi connectivity index (χ2v) is 6.66. The second kappa shape index (κ2) is 5.70. The first-order valence-electron chi connectivity index (χ1n) is 6.99. The zero-order chi connectivity index (χ0) is 15.6. The third-order valence-electron chi connectivity index (χ3n) is 3.64. The topological polar surface area (TPSA) is 73.2 Å². The number of rotatable bonds is 3. The van der Waals surface area contributed by atoms with E-state index in [-0.39, 0.29) is 0 Å². The lowest BCUT2D eigenvalue weighted by molar-refractivity contribution is 0.592. The normalized spacial score (nSPS) is 14.0. The van der Waals surface area contributed by atoms with E-state index in [1.165, 1.54) is 4.31 Å². The van der Waals surface area contributed by atoms with Crippen LogP contribution in [-0.4, -0.2) is 15.0 Å². The van der Waals surface area contributed by atoms with Crippen molar-refractivity contribution in [3.63, 3.8) is 0 Å². The molecule has 1 aliphatic heterocycles. The summed E-state index contributed by atoms with van der Waals surface area (Å²) < 4.78 is 29.3. The van der Waals surface area contributed by atoms with Gasteiger partial charge in [-0.3, -0.25) is 9.03 Å². The largest absolute Gasteiger partial charge is 0.324 e. The molecule has 0 radical (unpaired) electrons. The predicted molar refractivity (Wildman–Crippen MR) is 85.8 cm³/mol. The standard InChI is InChI=1S/C16H15N3O2S/c17-12-14-7-1-3-9-15(14)18-22(20,21)19-11-5-8-13-6-2-4-10-16(13)19/h1-4,6-7,9-10,18H,5,8,11H2. The van der Waals surface area contributed by atoms with Gasteiger partial charge in [-0.2, -0.15) is 13.7 Å². The van der Waals surface area contributed by atoms with E-state index in [0.29, 0.717) is 23.5 Å². The van der Waals surface area contributed by atoms with Gasteiger partial charge in [-0.05, 0) is 36.6 Å². The van der Waals surface area contributed by atoms with E-state index in [9.17, 15) is 8.42 Å². The molecule has 2 aromatic carbocycles. The fourth-order valence-corrected chi connectivity index (χ4v) is 3.99. The van der Waals surface area contributed by atoms with E-state index in [1.807, 2.05) is 30.3 Å². The molecule has 0 fully saturated rings. The van der Waals surface area contributed by atoms with Gasteiger partial charge in [0.05, 0.1) is 16.9 Å². The van der Waals surface area contributed by atoms with Gasteiger partial charge in [-0.15, -0.1) is 0 Å². The van der Waals surface area contributed by atoms with Gasteiger partial charge in [-0.25, -0.2) is 0 Å². The maximum absolute atomic E-state index is 12.7. The molecule has 1 heterocycles. The van der Waals surface area contributed by atoms with Crippen LogP contribution in [0.15, 0.2) is 48.5 Å². The zero-order valence-electron chi connectivity index (χ0n) is 11.9. The minimum atomic E-state index is -3.75. The number of nitrogens with one attached hydrogen (secondary N) is 1. The van der Waals surface area contributed by atoms with Crippen molar-refractivity contribution in [3.8, 4) is 6.07 Å². The van der Waals surface area contributed by atoms with Crippen molar-refractivity contribution in [3.05, 3.63) is 59.7 Å². The molecule has 0 saturated heterocycles. The lowest BCUT2D eigenvalue weighted by atomic mass is 10.0. The molecule has 3 rings (SSSR count). The van der Waals surface area contributed by atoms with Crippen LogP contribution in [0.2, 0.25) is 0 Å². The number of fused-ring (bicyclic) bond motifs is 1. The molecule has 1 aliphatic rings. The fourth-order valence-electron chi connectivity index (χ4n) is 2.61. The minimum absolute atomic E-state index is 0.299. The lowest BCUT2D eigenvalue weighted by Crippen LogP contribution is -2.39. The summed E-state index contributed by atoms with van der Waals surface area (Å²) in [6, 6.07) is 16.1. The monoisotopic (exact) mass is 313 g/mol. The Balaban J connectivity index is 1.97. The van der Waals surface area contributed by atoms with Gasteiger partial charge in [0.1, 0.15) is 6.07 Å². The smallest absolute Gasteiger partial charge is 0.265 e. The minimum Gasteiger partial charge on any atom is -0.265 e. The predicted octanol–water partition coefficient (Wildman–Crippen LogP) is 2.67. The number of nitrogens with zero attached hydrogens (tertiary/aromatic N) is 2. The third-order valence-corrected chi connectivity index (χ3v) is 5.08. The average molecular weight is 313 g/mol. The molecule has 0 unspecified atom stereocenters. The number of aryl methyl sites for hydroxylation is 1. The van der Waals surface area contributed by atoms with E-state index in [0.717, 1.165) is 18.4 Å². The van der Waals surface area contributed by atoms with Crippen LogP contribution >= 0.6 is 0 Å². The van der Waals surface area contributed by atoms with Gasteiger partial charge in [0, 0.05) is 6.54 Å². The number of nitriles is 1. The summed E-state index contributed by atoms with van der Waals surface area (Å²) in [4.78, 5) is 0. The van der Waals surface area contributed by atoms with Crippen LogP contribution in [0.4, 0.5) is 11.4 Å². The summed E-state index contributed by atoms with van der Waals surface area (Å²) in [5.41, 5.74) is 2.33. The molecule has 0 atom stereocenters. The molecule has 0 aromatic heterocycles. The highest BCUT2D eigenvalue weighted by molar-refractivity contribution is 7.94. The summed E-state index contributed by atoms with van der Waals surface area (Å²) in [5, 5.41) is 9.08. The van der Waals surface area contributed by atoms with Crippen molar-refractivity contribution in [1.82, 2.24) is 0 Å². The maximum Gasteiger partial charge on any atom is 0.324 e. The van der Waals surface area contributed by atoms with Crippen LogP contribution < -0.4 is 9.03 Å². The molecule has 5 nitrogen and oxygen atoms in total. The first-order chi connectivity index (χ1) is 10.6. The van der Waals surface area contributed by atoms with E-state index in [4.69, 9.17) is 5.26 Å². The summed E-state index contributed by atoms with van der Waals surface area (Å²) in [6.07, 6.45) is 1.65. The van der Waals surface area contributed by atoms with Crippen molar-refractivity contribution in [1.29, 1.82) is 5.26 Å². The van der Waals surface area contributed by atoms with E-state index in [2.05, 4.69) is 4.72 Å². The van der Waals surface area contributed by atoms with Crippen molar-refractivity contribution in [2.24, 2.45) is 0 Å². The van der Waals surface area contributed by atoms with E-state index in [1.54, 1.807) is 24.3 Å². The Kier molecular flexibility index (Phi) is 3.73. The SMILES string of the molecule is N#Cc1ccccc1NS(=O)(=O)N1CCCc2ccccc21. The Bertz CT molecular complexity index is 840. The van der Waals surface area contributed by atoms with E-state index >= 15 is 0 Å². The first-order valence-corrected chi connectivity index (χ1v) is 8.43. The highest BCUT2D eigenvalue weighted by Crippen LogP contribution is 2.30. The molecular weight excluding hydrogens is 298 g/mol. The van der Waals surface area contributed by atoms with Crippen LogP contribution in [0.3, 0.4) is 0 Å². The molecule has 1 N–H and O–H groups in total. The van der Waals surface area contributed by atoms with Gasteiger partial charge in [0.25, 0.3) is 0 Å². The molecular formula is C16H15N3O2S. The van der Waals surface area contributed by atoms with Gasteiger partial charge < -0.3 is 0 Å². The van der Waals surface area contributed by atoms with Crippen molar-refractivity contribution in [2.45, 2.75) is 12.8 Å². The summed E-state index contributed by atoms with van der Waals surface area (Å²) in [7, 11) is -3.75. The lowest BCUT2D eigenvalue weighted by Gasteiger charge is -2.30. The molecule has 112 valence electrons. The third kappa shape index (κ3) is 2.63. The van der Waals surface area contributed by atoms with E-state index < -0.39 is 10.2 Å². The van der Waals surface area contributed by atoms with Crippen LogP contribution in [0.1, 0.15) is 17.5 Å². The van der Waals surface area contributed by atoms with Gasteiger partial charge in [0.2, 0.25) is 0 Å². The number of benzene rings is 2. The molecule has 0 aliphatic carbocycles. The van der Waals surface area contributed by atoms with Crippen LogP contribution in [0, 0.1) is 11.3 Å². The van der Waals surface area contributed by atoms with Crippen molar-refractivity contribution >= 4 is 21.6 Å². The fraction of sp³-hybridized carbons (Fsp3) is 0.188. The number of hydrogen-bond donors (Lipinski definition) is 1. The maximum atomic E-state index is 12.7. The molecule has 0 saturated carbocycles. The van der Waals surface area contributed by atoms with Gasteiger partial charge in [-0.1, -0.05) is 30.3 Å². The summed E-state index contributed by atoms with van der Waals surface area (Å²) in [5.74, 6) is 0.